The molecule has 1 unspecified atom stereocenters. The molecule has 1 aromatic heterocycles. The van der Waals surface area contributed by atoms with E-state index in [0.29, 0.717) is 20.7 Å². The molecule has 0 saturated carbocycles. The molecule has 0 radical (unpaired) electrons. The fourth-order valence-corrected chi connectivity index (χ4v) is 3.00. The monoisotopic (exact) mass is 426 g/mol. The van der Waals surface area contributed by atoms with Crippen LogP contribution in [0.4, 0.5) is 17.6 Å². The molecule has 21 heavy (non-hydrogen) atoms. The largest absolute Gasteiger partial charge is 0.419 e. The molecule has 0 aliphatic heterocycles. The second-order valence-corrected chi connectivity index (χ2v) is 6.01. The van der Waals surface area contributed by atoms with Crippen molar-refractivity contribution in [3.63, 3.8) is 0 Å². The third-order valence-corrected chi connectivity index (χ3v) is 3.86. The van der Waals surface area contributed by atoms with Crippen LogP contribution < -0.4 is 5.73 Å². The highest BCUT2D eigenvalue weighted by Crippen LogP contribution is 2.33. The number of rotatable bonds is 2. The van der Waals surface area contributed by atoms with Crippen molar-refractivity contribution in [2.45, 2.75) is 12.2 Å². The average Bonchev–Trinajstić information content (AvgIpc) is 2.36. The van der Waals surface area contributed by atoms with Gasteiger partial charge in [-0.2, -0.15) is 13.2 Å². The quantitative estimate of drug-likeness (QED) is 0.698. The molecule has 0 aliphatic carbocycles. The minimum atomic E-state index is -4.73. The Morgan fingerprint density at radius 3 is 2.33 bits per heavy atom. The van der Waals surface area contributed by atoms with Crippen LogP contribution in [-0.4, -0.2) is 4.98 Å². The molecule has 0 fully saturated rings. The summed E-state index contributed by atoms with van der Waals surface area (Å²) >= 11 is 6.49. The van der Waals surface area contributed by atoms with Gasteiger partial charge in [0.2, 0.25) is 0 Å². The molecular weight excluding hydrogens is 420 g/mol. The van der Waals surface area contributed by atoms with Crippen molar-refractivity contribution in [3.8, 4) is 0 Å². The molecule has 112 valence electrons. The van der Waals surface area contributed by atoms with Crippen molar-refractivity contribution >= 4 is 31.9 Å². The summed E-state index contributed by atoms with van der Waals surface area (Å²) in [5.41, 5.74) is 5.23. The standard InChI is InChI=1S/C13H8Br2F4N2/c14-7-4-9(15)12(21-5-7)11(20)6-1-2-8(10(16)3-6)13(17,18)19/h1-5,11H,20H2. The molecular formula is C13H8Br2F4N2. The van der Waals surface area contributed by atoms with Crippen LogP contribution in [0.15, 0.2) is 39.4 Å². The number of nitrogens with zero attached hydrogens (tertiary/aromatic N) is 1. The molecule has 0 spiro atoms. The Bertz CT molecular complexity index is 674. The first-order chi connectivity index (χ1) is 9.70. The topological polar surface area (TPSA) is 38.9 Å². The van der Waals surface area contributed by atoms with Crippen LogP contribution in [0.1, 0.15) is 22.9 Å². The number of aromatic nitrogens is 1. The summed E-state index contributed by atoms with van der Waals surface area (Å²) in [4.78, 5) is 4.09. The van der Waals surface area contributed by atoms with Crippen molar-refractivity contribution in [2.75, 3.05) is 0 Å². The molecule has 0 amide bonds. The van der Waals surface area contributed by atoms with E-state index in [4.69, 9.17) is 5.73 Å². The lowest BCUT2D eigenvalue weighted by Crippen LogP contribution is -2.16. The van der Waals surface area contributed by atoms with Gasteiger partial charge in [0.1, 0.15) is 5.82 Å². The molecule has 0 saturated heterocycles. The molecule has 0 bridgehead atoms. The van der Waals surface area contributed by atoms with Gasteiger partial charge >= 0.3 is 6.18 Å². The zero-order chi connectivity index (χ0) is 15.8. The maximum absolute atomic E-state index is 13.6. The summed E-state index contributed by atoms with van der Waals surface area (Å²) in [5.74, 6) is -1.36. The third kappa shape index (κ3) is 3.61. The van der Waals surface area contributed by atoms with Gasteiger partial charge in [-0.3, -0.25) is 4.98 Å². The van der Waals surface area contributed by atoms with Crippen molar-refractivity contribution in [1.29, 1.82) is 0 Å². The Hall–Kier alpha value is -0.990. The summed E-state index contributed by atoms with van der Waals surface area (Å²) in [6, 6.07) is 3.46. The normalized spacial score (nSPS) is 13.3. The predicted octanol–water partition coefficient (Wildman–Crippen LogP) is 4.81. The number of halogens is 6. The van der Waals surface area contributed by atoms with Crippen molar-refractivity contribution in [3.05, 3.63) is 62.0 Å². The van der Waals surface area contributed by atoms with Gasteiger partial charge in [-0.15, -0.1) is 0 Å². The fraction of sp³-hybridized carbons (Fsp3) is 0.154. The Morgan fingerprint density at radius 2 is 1.81 bits per heavy atom. The minimum absolute atomic E-state index is 0.205. The average molecular weight is 428 g/mol. The van der Waals surface area contributed by atoms with Crippen molar-refractivity contribution in [2.24, 2.45) is 5.73 Å². The maximum atomic E-state index is 13.6. The van der Waals surface area contributed by atoms with Crippen molar-refractivity contribution < 1.29 is 17.6 Å². The molecule has 0 aliphatic rings. The van der Waals surface area contributed by atoms with E-state index < -0.39 is 23.6 Å². The second-order valence-electron chi connectivity index (χ2n) is 4.24. The van der Waals surface area contributed by atoms with Crippen LogP contribution >= 0.6 is 31.9 Å². The Morgan fingerprint density at radius 1 is 1.14 bits per heavy atom. The third-order valence-electron chi connectivity index (χ3n) is 2.79. The lowest BCUT2D eigenvalue weighted by Gasteiger charge is -2.15. The van der Waals surface area contributed by atoms with Crippen LogP contribution in [-0.2, 0) is 6.18 Å². The summed E-state index contributed by atoms with van der Waals surface area (Å²) in [6.07, 6.45) is -3.23. The van der Waals surface area contributed by atoms with E-state index in [1.807, 2.05) is 0 Å². The number of benzene rings is 1. The number of pyridine rings is 1. The van der Waals surface area contributed by atoms with E-state index in [1.165, 1.54) is 6.20 Å². The van der Waals surface area contributed by atoms with Gasteiger partial charge in [-0.25, -0.2) is 4.39 Å². The van der Waals surface area contributed by atoms with Gasteiger partial charge in [-0.1, -0.05) is 6.07 Å². The lowest BCUT2D eigenvalue weighted by atomic mass is 10.0. The predicted molar refractivity (Wildman–Crippen MR) is 77.1 cm³/mol. The molecule has 2 aromatic rings. The highest BCUT2D eigenvalue weighted by Gasteiger charge is 2.34. The maximum Gasteiger partial charge on any atom is 0.419 e. The van der Waals surface area contributed by atoms with Crippen LogP contribution in [0.25, 0.3) is 0 Å². The van der Waals surface area contributed by atoms with Gasteiger partial charge < -0.3 is 5.73 Å². The Balaban J connectivity index is 2.40. The van der Waals surface area contributed by atoms with Crippen LogP contribution in [0, 0.1) is 5.82 Å². The highest BCUT2D eigenvalue weighted by molar-refractivity contribution is 9.11. The zero-order valence-electron chi connectivity index (χ0n) is 10.3. The highest BCUT2D eigenvalue weighted by atomic mass is 79.9. The van der Waals surface area contributed by atoms with E-state index in [2.05, 4.69) is 36.8 Å². The molecule has 1 atom stereocenters. The minimum Gasteiger partial charge on any atom is -0.319 e. The van der Waals surface area contributed by atoms with Gasteiger partial charge in [0.15, 0.2) is 0 Å². The van der Waals surface area contributed by atoms with Gasteiger partial charge in [0.25, 0.3) is 0 Å². The van der Waals surface area contributed by atoms with Gasteiger partial charge in [-0.05, 0) is 55.6 Å². The second kappa shape index (κ2) is 6.02. The number of hydrogen-bond donors (Lipinski definition) is 1. The van der Waals surface area contributed by atoms with Gasteiger partial charge in [0, 0.05) is 15.1 Å². The number of hydrogen-bond acceptors (Lipinski definition) is 2. The van der Waals surface area contributed by atoms with Gasteiger partial charge in [0.05, 0.1) is 17.3 Å². The Kier molecular flexibility index (Phi) is 4.69. The summed E-state index contributed by atoms with van der Waals surface area (Å²) in [6.45, 7) is 0. The molecule has 8 heteroatoms. The molecule has 2 nitrogen and oxygen atoms in total. The lowest BCUT2D eigenvalue weighted by molar-refractivity contribution is -0.140. The van der Waals surface area contributed by atoms with Crippen molar-refractivity contribution in [1.82, 2.24) is 4.98 Å². The Labute approximate surface area is 134 Å². The first kappa shape index (κ1) is 16.4. The number of alkyl halides is 3. The number of nitrogens with two attached hydrogens (primary N) is 1. The summed E-state index contributed by atoms with van der Waals surface area (Å²) in [5, 5.41) is 0. The SMILES string of the molecule is NC(c1ccc(C(F)(F)F)c(F)c1)c1ncc(Br)cc1Br. The first-order valence-electron chi connectivity index (χ1n) is 5.63. The first-order valence-corrected chi connectivity index (χ1v) is 7.22. The van der Waals surface area contributed by atoms with E-state index in [0.717, 1.165) is 12.1 Å². The smallest absolute Gasteiger partial charge is 0.319 e. The van der Waals surface area contributed by atoms with E-state index >= 15 is 0 Å². The molecule has 2 rings (SSSR count). The molecule has 2 N–H and O–H groups in total. The van der Waals surface area contributed by atoms with E-state index in [-0.39, 0.29) is 5.56 Å². The van der Waals surface area contributed by atoms with E-state index in [1.54, 1.807) is 6.07 Å². The fourth-order valence-electron chi connectivity index (χ4n) is 1.77. The van der Waals surface area contributed by atoms with Crippen LogP contribution in [0.3, 0.4) is 0 Å². The molecule has 1 heterocycles. The summed E-state index contributed by atoms with van der Waals surface area (Å²) in [7, 11) is 0. The van der Waals surface area contributed by atoms with E-state index in [9.17, 15) is 17.6 Å². The summed E-state index contributed by atoms with van der Waals surface area (Å²) < 4.78 is 52.4. The van der Waals surface area contributed by atoms with Crippen LogP contribution in [0.2, 0.25) is 0 Å². The molecule has 1 aromatic carbocycles. The van der Waals surface area contributed by atoms with Crippen LogP contribution in [0.5, 0.6) is 0 Å². The zero-order valence-corrected chi connectivity index (χ0v) is 13.4.